The van der Waals surface area contributed by atoms with Crippen molar-refractivity contribution in [3.05, 3.63) is 23.8 Å². The van der Waals surface area contributed by atoms with E-state index in [4.69, 9.17) is 9.47 Å². The fourth-order valence-corrected chi connectivity index (χ4v) is 2.41. The molecule has 1 amide bonds. The van der Waals surface area contributed by atoms with Crippen LogP contribution in [-0.2, 0) is 11.3 Å². The fraction of sp³-hybridized carbons (Fsp3) is 0.600. The Bertz CT molecular complexity index is 591. The first kappa shape index (κ1) is 22.6. The maximum atomic E-state index is 11.5. The normalized spacial score (nSPS) is 11.0. The zero-order valence-electron chi connectivity index (χ0n) is 17.1. The van der Waals surface area contributed by atoms with Crippen LogP contribution in [0.15, 0.2) is 23.2 Å². The zero-order valence-corrected chi connectivity index (χ0v) is 17.1. The Morgan fingerprint density at radius 2 is 1.81 bits per heavy atom. The van der Waals surface area contributed by atoms with Gasteiger partial charge in [0.2, 0.25) is 0 Å². The number of hydrogen-bond acceptors (Lipinski definition) is 4. The summed E-state index contributed by atoms with van der Waals surface area (Å²) in [5.41, 5.74) is 1.00. The third-order valence-electron chi connectivity index (χ3n) is 3.80. The summed E-state index contributed by atoms with van der Waals surface area (Å²) < 4.78 is 10.9. The predicted octanol–water partition coefficient (Wildman–Crippen LogP) is 2.46. The Morgan fingerprint density at radius 1 is 1.04 bits per heavy atom. The zero-order chi connectivity index (χ0) is 19.9. The van der Waals surface area contributed by atoms with Gasteiger partial charge < -0.3 is 25.4 Å². The Morgan fingerprint density at radius 3 is 2.48 bits per heavy atom. The number of hydrogen-bond donors (Lipinski definition) is 3. The summed E-state index contributed by atoms with van der Waals surface area (Å²) in [5.74, 6) is 1.79. The Labute approximate surface area is 162 Å². The summed E-state index contributed by atoms with van der Waals surface area (Å²) in [6.07, 6.45) is 3.54. The van der Waals surface area contributed by atoms with Crippen LogP contribution in [0.3, 0.4) is 0 Å². The average Bonchev–Trinajstić information content (AvgIpc) is 2.68. The number of rotatable bonds is 12. The smallest absolute Gasteiger partial charge is 0.257 e. The van der Waals surface area contributed by atoms with Crippen molar-refractivity contribution in [1.29, 1.82) is 0 Å². The number of benzene rings is 1. The van der Waals surface area contributed by atoms with Crippen molar-refractivity contribution in [3.8, 4) is 11.5 Å². The first-order valence-electron chi connectivity index (χ1n) is 9.73. The number of aliphatic imine (C=N–C) groups is 1. The number of methoxy groups -OCH3 is 1. The first-order chi connectivity index (χ1) is 13.1. The molecule has 1 aromatic carbocycles. The number of likely N-dealkylation sites (N-methyl/N-ethyl adjacent to an activating group) is 1. The topological polar surface area (TPSA) is 84.0 Å². The molecule has 0 atom stereocenters. The molecule has 7 heteroatoms. The highest BCUT2D eigenvalue weighted by Crippen LogP contribution is 2.28. The van der Waals surface area contributed by atoms with Crippen LogP contribution in [0.2, 0.25) is 0 Å². The van der Waals surface area contributed by atoms with Gasteiger partial charge in [0, 0.05) is 19.6 Å². The van der Waals surface area contributed by atoms with Gasteiger partial charge in [0.25, 0.3) is 5.91 Å². The molecule has 3 N–H and O–H groups in total. The molecular formula is C20H34N4O3. The van der Waals surface area contributed by atoms with Crippen molar-refractivity contribution < 1.29 is 14.3 Å². The Balaban J connectivity index is 2.68. The molecule has 0 radical (unpaired) electrons. The predicted molar refractivity (Wildman–Crippen MR) is 110 cm³/mol. The van der Waals surface area contributed by atoms with E-state index in [1.807, 2.05) is 32.0 Å². The lowest BCUT2D eigenvalue weighted by molar-refractivity contribution is -0.123. The lowest BCUT2D eigenvalue weighted by Gasteiger charge is -2.13. The van der Waals surface area contributed by atoms with E-state index in [9.17, 15) is 4.79 Å². The van der Waals surface area contributed by atoms with Gasteiger partial charge in [0.1, 0.15) is 0 Å². The van der Waals surface area contributed by atoms with Gasteiger partial charge in [0.15, 0.2) is 24.1 Å². The maximum absolute atomic E-state index is 11.5. The third-order valence-corrected chi connectivity index (χ3v) is 3.80. The van der Waals surface area contributed by atoms with E-state index >= 15 is 0 Å². The number of carbonyl (C=O) groups excluding carboxylic acids is 1. The van der Waals surface area contributed by atoms with Gasteiger partial charge in [0.05, 0.1) is 13.7 Å². The van der Waals surface area contributed by atoms with Gasteiger partial charge in [-0.2, -0.15) is 0 Å². The number of guanidine groups is 1. The SMILES string of the molecule is CCCCCNC(=NCc1ccc(OCC(=O)NCC)c(OC)c1)NCC. The number of carbonyl (C=O) groups is 1. The van der Waals surface area contributed by atoms with Crippen LogP contribution in [-0.4, -0.2) is 45.2 Å². The minimum absolute atomic E-state index is 0.0338. The van der Waals surface area contributed by atoms with Crippen LogP contribution in [0, 0.1) is 0 Å². The van der Waals surface area contributed by atoms with Gasteiger partial charge in [-0.25, -0.2) is 4.99 Å². The van der Waals surface area contributed by atoms with E-state index in [-0.39, 0.29) is 12.5 Å². The molecule has 1 aromatic rings. The van der Waals surface area contributed by atoms with E-state index in [1.165, 1.54) is 12.8 Å². The molecule has 0 aromatic heterocycles. The standard InChI is InChI=1S/C20H34N4O3/c1-5-8-9-12-23-20(22-7-3)24-14-16-10-11-17(18(13-16)26-4)27-15-19(25)21-6-2/h10-11,13H,5-9,12,14-15H2,1-4H3,(H,21,25)(H2,22,23,24). The number of ether oxygens (including phenoxy) is 2. The van der Waals surface area contributed by atoms with Crippen molar-refractivity contribution >= 4 is 11.9 Å². The molecule has 0 saturated carbocycles. The molecule has 0 fully saturated rings. The highest BCUT2D eigenvalue weighted by molar-refractivity contribution is 5.79. The van der Waals surface area contributed by atoms with E-state index in [0.717, 1.165) is 31.0 Å². The molecule has 0 aliphatic carbocycles. The second-order valence-corrected chi connectivity index (χ2v) is 6.06. The number of unbranched alkanes of at least 4 members (excludes halogenated alkanes) is 2. The number of nitrogens with one attached hydrogen (secondary N) is 3. The molecule has 0 aliphatic rings. The fourth-order valence-electron chi connectivity index (χ4n) is 2.41. The van der Waals surface area contributed by atoms with Crippen molar-refractivity contribution in [2.24, 2.45) is 4.99 Å². The maximum Gasteiger partial charge on any atom is 0.257 e. The summed E-state index contributed by atoms with van der Waals surface area (Å²) >= 11 is 0. The van der Waals surface area contributed by atoms with Gasteiger partial charge in [-0.1, -0.05) is 25.8 Å². The van der Waals surface area contributed by atoms with Gasteiger partial charge in [-0.05, 0) is 38.0 Å². The van der Waals surface area contributed by atoms with Gasteiger partial charge in [-0.15, -0.1) is 0 Å². The van der Waals surface area contributed by atoms with E-state index in [2.05, 4.69) is 27.9 Å². The molecule has 152 valence electrons. The van der Waals surface area contributed by atoms with E-state index in [0.29, 0.717) is 24.6 Å². The highest BCUT2D eigenvalue weighted by atomic mass is 16.5. The highest BCUT2D eigenvalue weighted by Gasteiger charge is 2.08. The van der Waals surface area contributed by atoms with Crippen molar-refractivity contribution in [2.75, 3.05) is 33.4 Å². The molecule has 0 heterocycles. The second kappa shape index (κ2) is 13.7. The largest absolute Gasteiger partial charge is 0.493 e. The van der Waals surface area contributed by atoms with Crippen molar-refractivity contribution in [1.82, 2.24) is 16.0 Å². The van der Waals surface area contributed by atoms with Crippen LogP contribution in [0.25, 0.3) is 0 Å². The lowest BCUT2D eigenvalue weighted by Crippen LogP contribution is -2.37. The van der Waals surface area contributed by atoms with Gasteiger partial charge >= 0.3 is 0 Å². The monoisotopic (exact) mass is 378 g/mol. The van der Waals surface area contributed by atoms with Crippen LogP contribution in [0.5, 0.6) is 11.5 Å². The second-order valence-electron chi connectivity index (χ2n) is 6.06. The van der Waals surface area contributed by atoms with Crippen LogP contribution < -0.4 is 25.4 Å². The average molecular weight is 379 g/mol. The molecule has 7 nitrogen and oxygen atoms in total. The third kappa shape index (κ3) is 9.17. The van der Waals surface area contributed by atoms with Crippen LogP contribution in [0.4, 0.5) is 0 Å². The van der Waals surface area contributed by atoms with Crippen LogP contribution in [0.1, 0.15) is 45.6 Å². The first-order valence-corrected chi connectivity index (χ1v) is 9.73. The minimum Gasteiger partial charge on any atom is -0.493 e. The van der Waals surface area contributed by atoms with E-state index in [1.54, 1.807) is 7.11 Å². The molecule has 27 heavy (non-hydrogen) atoms. The summed E-state index contributed by atoms with van der Waals surface area (Å²) in [6, 6.07) is 5.63. The Kier molecular flexibility index (Phi) is 11.5. The number of nitrogens with zero attached hydrogens (tertiary/aromatic N) is 1. The van der Waals surface area contributed by atoms with Crippen LogP contribution >= 0.6 is 0 Å². The quantitative estimate of drug-likeness (QED) is 0.296. The molecule has 0 unspecified atom stereocenters. The summed E-state index contributed by atoms with van der Waals surface area (Å²) in [5, 5.41) is 9.30. The molecule has 0 spiro atoms. The van der Waals surface area contributed by atoms with Gasteiger partial charge in [-0.3, -0.25) is 4.79 Å². The molecule has 0 saturated heterocycles. The molecule has 0 aliphatic heterocycles. The molecular weight excluding hydrogens is 344 g/mol. The Hall–Kier alpha value is -2.44. The van der Waals surface area contributed by atoms with Crippen molar-refractivity contribution in [3.63, 3.8) is 0 Å². The molecule has 1 rings (SSSR count). The molecule has 0 bridgehead atoms. The summed E-state index contributed by atoms with van der Waals surface area (Å²) in [4.78, 5) is 16.2. The minimum atomic E-state index is -0.155. The number of amides is 1. The lowest BCUT2D eigenvalue weighted by atomic mass is 10.2. The van der Waals surface area contributed by atoms with E-state index < -0.39 is 0 Å². The summed E-state index contributed by atoms with van der Waals surface area (Å²) in [7, 11) is 1.58. The summed E-state index contributed by atoms with van der Waals surface area (Å²) in [6.45, 7) is 8.91. The van der Waals surface area contributed by atoms with Crippen molar-refractivity contribution in [2.45, 2.75) is 46.6 Å².